The van der Waals surface area contributed by atoms with Crippen LogP contribution in [-0.4, -0.2) is 25.3 Å². The van der Waals surface area contributed by atoms with E-state index >= 15 is 0 Å². The van der Waals surface area contributed by atoms with Crippen LogP contribution >= 0.6 is 11.6 Å². The molecule has 0 aromatic rings. The minimum Gasteiger partial charge on any atom is -0.229 e. The number of halogens is 1. The van der Waals surface area contributed by atoms with Crippen molar-refractivity contribution < 1.29 is 8.42 Å². The average Bonchev–Trinajstić information content (AvgIpc) is 2.25. The van der Waals surface area contributed by atoms with Crippen molar-refractivity contribution in [3.8, 4) is 0 Å². The van der Waals surface area contributed by atoms with Gasteiger partial charge in [0.1, 0.15) is 9.84 Å². The summed E-state index contributed by atoms with van der Waals surface area (Å²) in [6, 6.07) is 0. The largest absolute Gasteiger partial charge is 0.229 e. The summed E-state index contributed by atoms with van der Waals surface area (Å²) in [5.41, 5.74) is 1.65. The van der Waals surface area contributed by atoms with Gasteiger partial charge in [-0.05, 0) is 43.4 Å². The first-order valence-corrected chi connectivity index (χ1v) is 9.60. The molecule has 110 valence electrons. The molecule has 19 heavy (non-hydrogen) atoms. The van der Waals surface area contributed by atoms with E-state index in [0.717, 1.165) is 38.5 Å². The molecule has 3 atom stereocenters. The van der Waals surface area contributed by atoms with Gasteiger partial charge in [0.15, 0.2) is 0 Å². The number of rotatable bonds is 2. The Hall–Kier alpha value is -0.0200. The summed E-state index contributed by atoms with van der Waals surface area (Å²) in [4.78, 5) is 0. The van der Waals surface area contributed by atoms with Crippen molar-refractivity contribution in [1.29, 1.82) is 0 Å². The minimum atomic E-state index is -2.90. The molecular formula is C15H25ClO2S. The monoisotopic (exact) mass is 304 g/mol. The van der Waals surface area contributed by atoms with Gasteiger partial charge in [0.25, 0.3) is 0 Å². The van der Waals surface area contributed by atoms with Crippen molar-refractivity contribution in [2.75, 3.05) is 6.26 Å². The molecule has 2 aliphatic rings. The lowest BCUT2D eigenvalue weighted by Crippen LogP contribution is -2.31. The molecule has 0 radical (unpaired) electrons. The number of alkyl halides is 1. The fraction of sp³-hybridized carbons (Fsp3) is 0.867. The molecule has 0 spiro atoms. The van der Waals surface area contributed by atoms with E-state index in [9.17, 15) is 8.42 Å². The summed E-state index contributed by atoms with van der Waals surface area (Å²) >= 11 is 6.35. The van der Waals surface area contributed by atoms with Gasteiger partial charge in [-0.25, -0.2) is 8.42 Å². The van der Waals surface area contributed by atoms with Crippen molar-refractivity contribution >= 4 is 21.4 Å². The summed E-state index contributed by atoms with van der Waals surface area (Å²) in [6.07, 6.45) is 9.43. The lowest BCUT2D eigenvalue weighted by atomic mass is 9.71. The van der Waals surface area contributed by atoms with Gasteiger partial charge in [-0.3, -0.25) is 0 Å². The van der Waals surface area contributed by atoms with Crippen LogP contribution < -0.4 is 0 Å². The zero-order valence-corrected chi connectivity index (χ0v) is 13.7. The summed E-state index contributed by atoms with van der Waals surface area (Å²) in [6.45, 7) is 4.51. The third-order valence-corrected chi connectivity index (χ3v) is 6.50. The van der Waals surface area contributed by atoms with E-state index in [2.05, 4.69) is 19.9 Å². The quantitative estimate of drug-likeness (QED) is 0.572. The van der Waals surface area contributed by atoms with E-state index in [1.807, 2.05) is 0 Å². The van der Waals surface area contributed by atoms with Crippen LogP contribution in [0.3, 0.4) is 0 Å². The maximum Gasteiger partial charge on any atom is 0.150 e. The molecule has 0 N–H and O–H groups in total. The standard InChI is InChI=1S/C15H25ClO2S/c1-15(2)9-12(7-13(16)10-15)11-5-4-6-14(8-11)19(3,17)18/h7,11,13-14H,4-6,8-10H2,1-3H3. The molecule has 4 heteroatoms. The lowest BCUT2D eigenvalue weighted by molar-refractivity contribution is 0.288. The molecular weight excluding hydrogens is 280 g/mol. The smallest absolute Gasteiger partial charge is 0.150 e. The summed E-state index contributed by atoms with van der Waals surface area (Å²) in [5, 5.41) is -0.0386. The maximum absolute atomic E-state index is 11.8. The Bertz CT molecular complexity index is 465. The van der Waals surface area contributed by atoms with Crippen molar-refractivity contribution in [2.45, 2.75) is 63.0 Å². The Balaban J connectivity index is 2.14. The van der Waals surface area contributed by atoms with E-state index in [-0.39, 0.29) is 16.0 Å². The zero-order valence-electron chi connectivity index (χ0n) is 12.2. The van der Waals surface area contributed by atoms with Crippen LogP contribution in [0.1, 0.15) is 52.4 Å². The Kier molecular flexibility index (Phi) is 4.37. The predicted octanol–water partition coefficient (Wildman–Crippen LogP) is 3.94. The Morgan fingerprint density at radius 3 is 2.58 bits per heavy atom. The van der Waals surface area contributed by atoms with Crippen molar-refractivity contribution in [3.05, 3.63) is 11.6 Å². The third kappa shape index (κ3) is 3.98. The maximum atomic E-state index is 11.8. The van der Waals surface area contributed by atoms with E-state index in [1.54, 1.807) is 0 Å². The van der Waals surface area contributed by atoms with Crippen LogP contribution in [0.25, 0.3) is 0 Å². The zero-order chi connectivity index (χ0) is 14.3. The van der Waals surface area contributed by atoms with Crippen molar-refractivity contribution in [3.63, 3.8) is 0 Å². The molecule has 0 aromatic heterocycles. The average molecular weight is 305 g/mol. The SMILES string of the molecule is CC1(C)CC(C2CCCC(S(C)(=O)=O)C2)=CC(Cl)C1. The van der Waals surface area contributed by atoms with E-state index in [0.29, 0.717) is 5.92 Å². The molecule has 2 aliphatic carbocycles. The first-order valence-electron chi connectivity index (χ1n) is 7.21. The molecule has 1 saturated carbocycles. The van der Waals surface area contributed by atoms with Crippen molar-refractivity contribution in [1.82, 2.24) is 0 Å². The van der Waals surface area contributed by atoms with E-state index < -0.39 is 9.84 Å². The Labute approximate surface area is 122 Å². The fourth-order valence-corrected chi connectivity index (χ4v) is 5.41. The highest BCUT2D eigenvalue weighted by molar-refractivity contribution is 7.91. The van der Waals surface area contributed by atoms with Gasteiger partial charge in [0, 0.05) is 6.26 Å². The molecule has 2 rings (SSSR count). The molecule has 2 nitrogen and oxygen atoms in total. The Morgan fingerprint density at radius 1 is 1.32 bits per heavy atom. The van der Waals surface area contributed by atoms with Gasteiger partial charge >= 0.3 is 0 Å². The molecule has 0 bridgehead atoms. The second-order valence-electron chi connectivity index (χ2n) is 7.12. The van der Waals surface area contributed by atoms with Gasteiger partial charge in [0.05, 0.1) is 10.6 Å². The second-order valence-corrected chi connectivity index (χ2v) is 10.0. The molecule has 1 fully saturated rings. The second kappa shape index (κ2) is 5.40. The topological polar surface area (TPSA) is 34.1 Å². The van der Waals surface area contributed by atoms with Gasteiger partial charge in [-0.15, -0.1) is 11.6 Å². The summed E-state index contributed by atoms with van der Waals surface area (Å²) in [5.74, 6) is 0.425. The van der Waals surface area contributed by atoms with Gasteiger partial charge in [-0.2, -0.15) is 0 Å². The van der Waals surface area contributed by atoms with Crippen LogP contribution in [0.4, 0.5) is 0 Å². The van der Waals surface area contributed by atoms with Gasteiger partial charge in [-0.1, -0.05) is 31.9 Å². The number of allylic oxidation sites excluding steroid dienone is 2. The first-order chi connectivity index (χ1) is 8.67. The molecule has 0 aromatic carbocycles. The minimum absolute atomic E-state index is 0.109. The summed E-state index contributed by atoms with van der Waals surface area (Å²) in [7, 11) is -2.90. The van der Waals surface area contributed by atoms with Gasteiger partial charge in [0.2, 0.25) is 0 Å². The normalized spacial score (nSPS) is 35.8. The number of sulfone groups is 1. The van der Waals surface area contributed by atoms with E-state index in [4.69, 9.17) is 11.6 Å². The highest BCUT2D eigenvalue weighted by Gasteiger charge is 2.35. The molecule has 0 amide bonds. The van der Waals surface area contributed by atoms with Crippen molar-refractivity contribution in [2.24, 2.45) is 11.3 Å². The fourth-order valence-electron chi connectivity index (χ4n) is 3.65. The van der Waals surface area contributed by atoms with Crippen LogP contribution in [0.15, 0.2) is 11.6 Å². The van der Waals surface area contributed by atoms with Crippen LogP contribution in [-0.2, 0) is 9.84 Å². The van der Waals surface area contributed by atoms with Crippen LogP contribution in [0.5, 0.6) is 0 Å². The first kappa shape index (κ1) is 15.4. The Morgan fingerprint density at radius 2 is 2.00 bits per heavy atom. The molecule has 0 aliphatic heterocycles. The predicted molar refractivity (Wildman–Crippen MR) is 81.3 cm³/mol. The van der Waals surface area contributed by atoms with Crippen LogP contribution in [0, 0.1) is 11.3 Å². The summed E-state index contributed by atoms with van der Waals surface area (Å²) < 4.78 is 23.5. The molecule has 3 unspecified atom stereocenters. The molecule has 0 heterocycles. The highest BCUT2D eigenvalue weighted by Crippen LogP contribution is 2.44. The highest BCUT2D eigenvalue weighted by atomic mass is 35.5. The van der Waals surface area contributed by atoms with E-state index in [1.165, 1.54) is 11.8 Å². The van der Waals surface area contributed by atoms with Crippen LogP contribution in [0.2, 0.25) is 0 Å². The molecule has 0 saturated heterocycles. The number of hydrogen-bond acceptors (Lipinski definition) is 2. The number of hydrogen-bond donors (Lipinski definition) is 0. The lowest BCUT2D eigenvalue weighted by Gasteiger charge is -2.38. The van der Waals surface area contributed by atoms with Gasteiger partial charge < -0.3 is 0 Å². The third-order valence-electron chi connectivity index (χ3n) is 4.58.